The van der Waals surface area contributed by atoms with E-state index in [1.807, 2.05) is 0 Å². The molecular weight excluding hydrogens is 172 g/mol. The molecule has 0 spiro atoms. The van der Waals surface area contributed by atoms with Crippen LogP contribution in [-0.4, -0.2) is 6.29 Å². The van der Waals surface area contributed by atoms with Crippen molar-refractivity contribution in [2.45, 2.75) is 52.9 Å². The van der Waals surface area contributed by atoms with Gasteiger partial charge in [0.1, 0.15) is 6.29 Å². The van der Waals surface area contributed by atoms with Crippen molar-refractivity contribution in [1.82, 2.24) is 0 Å². The predicted molar refractivity (Wildman–Crippen MR) is 60.2 cm³/mol. The molecule has 0 heterocycles. The fraction of sp³-hybridized carbons (Fsp3) is 0.769. The van der Waals surface area contributed by atoms with E-state index in [-0.39, 0.29) is 5.41 Å². The summed E-state index contributed by atoms with van der Waals surface area (Å²) in [7, 11) is 0. The molecule has 0 aromatic carbocycles. The monoisotopic (exact) mass is 194 g/mol. The zero-order valence-corrected chi connectivity index (χ0v) is 9.68. The first kappa shape index (κ1) is 11.5. The van der Waals surface area contributed by atoms with Crippen LogP contribution in [0.1, 0.15) is 52.9 Å². The lowest BCUT2D eigenvalue weighted by atomic mass is 9.66. The first-order valence-corrected chi connectivity index (χ1v) is 5.70. The number of allylic oxidation sites excluding steroid dienone is 2. The van der Waals surface area contributed by atoms with Gasteiger partial charge in [-0.1, -0.05) is 31.4 Å². The Labute approximate surface area is 87.6 Å². The highest BCUT2D eigenvalue weighted by molar-refractivity contribution is 5.60. The molecular formula is C13H22O. The quantitative estimate of drug-likeness (QED) is 0.494. The van der Waals surface area contributed by atoms with E-state index in [2.05, 4.69) is 26.8 Å². The fourth-order valence-electron chi connectivity index (χ4n) is 2.36. The van der Waals surface area contributed by atoms with Crippen molar-refractivity contribution in [3.63, 3.8) is 0 Å². The molecule has 0 N–H and O–H groups in total. The molecule has 0 aromatic rings. The third-order valence-corrected chi connectivity index (χ3v) is 3.64. The molecule has 1 aliphatic carbocycles. The Balaban J connectivity index is 2.73. The molecule has 0 aliphatic heterocycles. The molecule has 1 saturated carbocycles. The van der Waals surface area contributed by atoms with Gasteiger partial charge in [-0.2, -0.15) is 0 Å². The summed E-state index contributed by atoms with van der Waals surface area (Å²) < 4.78 is 0. The molecule has 0 radical (unpaired) electrons. The fourth-order valence-corrected chi connectivity index (χ4v) is 2.36. The molecule has 2 atom stereocenters. The number of carbonyl (C=O) groups is 1. The van der Waals surface area contributed by atoms with Crippen molar-refractivity contribution in [1.29, 1.82) is 0 Å². The van der Waals surface area contributed by atoms with Gasteiger partial charge >= 0.3 is 0 Å². The topological polar surface area (TPSA) is 17.1 Å². The summed E-state index contributed by atoms with van der Waals surface area (Å²) in [5.41, 5.74) is 1.28. The summed E-state index contributed by atoms with van der Waals surface area (Å²) in [6, 6.07) is 0. The second-order valence-corrected chi connectivity index (χ2v) is 4.98. The number of hydrogen-bond acceptors (Lipinski definition) is 1. The van der Waals surface area contributed by atoms with Crippen LogP contribution in [0.3, 0.4) is 0 Å². The third kappa shape index (κ3) is 2.46. The first-order chi connectivity index (χ1) is 6.60. The van der Waals surface area contributed by atoms with Crippen molar-refractivity contribution in [2.24, 2.45) is 11.3 Å². The van der Waals surface area contributed by atoms with Gasteiger partial charge in [0.25, 0.3) is 0 Å². The Kier molecular flexibility index (Phi) is 3.91. The zero-order chi connectivity index (χ0) is 10.6. The van der Waals surface area contributed by atoms with Gasteiger partial charge in [0.2, 0.25) is 0 Å². The summed E-state index contributed by atoms with van der Waals surface area (Å²) >= 11 is 0. The van der Waals surface area contributed by atoms with Crippen LogP contribution in [0.2, 0.25) is 0 Å². The minimum atomic E-state index is -0.0461. The largest absolute Gasteiger partial charge is 0.303 e. The molecule has 1 aliphatic rings. The Morgan fingerprint density at radius 1 is 1.43 bits per heavy atom. The van der Waals surface area contributed by atoms with E-state index in [0.29, 0.717) is 5.92 Å². The first-order valence-electron chi connectivity index (χ1n) is 5.70. The molecule has 1 fully saturated rings. The van der Waals surface area contributed by atoms with Gasteiger partial charge in [-0.05, 0) is 39.0 Å². The molecule has 1 nitrogen and oxygen atoms in total. The van der Waals surface area contributed by atoms with Crippen molar-refractivity contribution >= 4 is 6.29 Å². The SMILES string of the molecule is CC(C)=CCC1(C=O)CCCCC1C. The van der Waals surface area contributed by atoms with Gasteiger partial charge in [0, 0.05) is 5.41 Å². The molecule has 0 bridgehead atoms. The van der Waals surface area contributed by atoms with Crippen LogP contribution in [0.15, 0.2) is 11.6 Å². The van der Waals surface area contributed by atoms with E-state index in [0.717, 1.165) is 12.8 Å². The van der Waals surface area contributed by atoms with E-state index in [9.17, 15) is 4.79 Å². The van der Waals surface area contributed by atoms with Crippen LogP contribution >= 0.6 is 0 Å². The molecule has 0 saturated heterocycles. The number of rotatable bonds is 3. The summed E-state index contributed by atoms with van der Waals surface area (Å²) in [6.45, 7) is 6.43. The van der Waals surface area contributed by atoms with E-state index in [1.54, 1.807) is 0 Å². The van der Waals surface area contributed by atoms with E-state index < -0.39 is 0 Å². The van der Waals surface area contributed by atoms with Crippen LogP contribution in [0.4, 0.5) is 0 Å². The standard InChI is InChI=1S/C13H22O/c1-11(2)7-9-13(10-14)8-5-4-6-12(13)3/h7,10,12H,4-6,8-9H2,1-3H3. The highest BCUT2D eigenvalue weighted by atomic mass is 16.1. The maximum atomic E-state index is 11.3. The van der Waals surface area contributed by atoms with Gasteiger partial charge in [-0.3, -0.25) is 0 Å². The predicted octanol–water partition coefficient (Wildman–Crippen LogP) is 3.74. The van der Waals surface area contributed by atoms with Crippen molar-refractivity contribution in [3.05, 3.63) is 11.6 Å². The van der Waals surface area contributed by atoms with Gasteiger partial charge < -0.3 is 4.79 Å². The molecule has 0 amide bonds. The molecule has 80 valence electrons. The highest BCUT2D eigenvalue weighted by Gasteiger charge is 2.36. The Morgan fingerprint density at radius 3 is 2.64 bits per heavy atom. The maximum Gasteiger partial charge on any atom is 0.126 e. The Morgan fingerprint density at radius 2 is 2.14 bits per heavy atom. The van der Waals surface area contributed by atoms with Gasteiger partial charge in [0.15, 0.2) is 0 Å². The van der Waals surface area contributed by atoms with Crippen LogP contribution in [0.25, 0.3) is 0 Å². The Bertz CT molecular complexity index is 225. The number of aldehydes is 1. The highest BCUT2D eigenvalue weighted by Crippen LogP contribution is 2.42. The zero-order valence-electron chi connectivity index (χ0n) is 9.68. The lowest BCUT2D eigenvalue weighted by molar-refractivity contribution is -0.120. The summed E-state index contributed by atoms with van der Waals surface area (Å²) in [4.78, 5) is 11.3. The average molecular weight is 194 g/mol. The summed E-state index contributed by atoms with van der Waals surface area (Å²) in [5.74, 6) is 0.560. The molecule has 1 rings (SSSR count). The van der Waals surface area contributed by atoms with Crippen LogP contribution in [0, 0.1) is 11.3 Å². The maximum absolute atomic E-state index is 11.3. The smallest absolute Gasteiger partial charge is 0.126 e. The second kappa shape index (κ2) is 4.77. The average Bonchev–Trinajstić information content (AvgIpc) is 2.17. The van der Waals surface area contributed by atoms with Crippen LogP contribution in [-0.2, 0) is 4.79 Å². The van der Waals surface area contributed by atoms with Gasteiger partial charge in [0.05, 0.1) is 0 Å². The minimum Gasteiger partial charge on any atom is -0.303 e. The number of carbonyl (C=O) groups excluding carboxylic acids is 1. The second-order valence-electron chi connectivity index (χ2n) is 4.98. The Hall–Kier alpha value is -0.590. The van der Waals surface area contributed by atoms with Gasteiger partial charge in [-0.25, -0.2) is 0 Å². The van der Waals surface area contributed by atoms with Crippen molar-refractivity contribution in [2.75, 3.05) is 0 Å². The molecule has 0 aromatic heterocycles. The minimum absolute atomic E-state index is 0.0461. The molecule has 1 heteroatoms. The molecule has 14 heavy (non-hydrogen) atoms. The number of hydrogen-bond donors (Lipinski definition) is 0. The van der Waals surface area contributed by atoms with Crippen molar-refractivity contribution < 1.29 is 4.79 Å². The van der Waals surface area contributed by atoms with Crippen LogP contribution < -0.4 is 0 Å². The lowest BCUT2D eigenvalue weighted by Crippen LogP contribution is -2.33. The van der Waals surface area contributed by atoms with E-state index in [1.165, 1.54) is 31.1 Å². The van der Waals surface area contributed by atoms with Crippen molar-refractivity contribution in [3.8, 4) is 0 Å². The lowest BCUT2D eigenvalue weighted by Gasteiger charge is -2.37. The summed E-state index contributed by atoms with van der Waals surface area (Å²) in [5, 5.41) is 0. The van der Waals surface area contributed by atoms with E-state index >= 15 is 0 Å². The van der Waals surface area contributed by atoms with E-state index in [4.69, 9.17) is 0 Å². The molecule has 2 unspecified atom stereocenters. The van der Waals surface area contributed by atoms with Crippen LogP contribution in [0.5, 0.6) is 0 Å². The normalized spacial score (nSPS) is 32.4. The summed E-state index contributed by atoms with van der Waals surface area (Å²) in [6.07, 6.45) is 9.20. The van der Waals surface area contributed by atoms with Gasteiger partial charge in [-0.15, -0.1) is 0 Å². The third-order valence-electron chi connectivity index (χ3n) is 3.64.